The van der Waals surface area contributed by atoms with E-state index in [0.29, 0.717) is 0 Å². The molecule has 1 aromatic heterocycles. The number of amidine groups is 1. The number of carbonyl (C=O) groups is 1. The average molecular weight is 344 g/mol. The Hall–Kier alpha value is -2.21. The van der Waals surface area contributed by atoms with E-state index >= 15 is 0 Å². The number of allylic oxidation sites excluding steroid dienone is 3. The van der Waals surface area contributed by atoms with Gasteiger partial charge in [-0.1, -0.05) is 12.2 Å². The summed E-state index contributed by atoms with van der Waals surface area (Å²) in [5, 5.41) is 1.91. The Morgan fingerprint density at radius 2 is 1.92 bits per heavy atom. The summed E-state index contributed by atoms with van der Waals surface area (Å²) < 4.78 is 0. The van der Waals surface area contributed by atoms with E-state index in [9.17, 15) is 4.79 Å². The number of Topliss-reactive ketones (excluding diaryl/α,β-unsaturated/α-hetero) is 1. The van der Waals surface area contributed by atoms with E-state index in [2.05, 4.69) is 26.5 Å². The van der Waals surface area contributed by atoms with Gasteiger partial charge in [0.25, 0.3) is 0 Å². The van der Waals surface area contributed by atoms with Gasteiger partial charge < -0.3 is 9.80 Å². The van der Waals surface area contributed by atoms with Crippen LogP contribution in [0.2, 0.25) is 0 Å². The minimum absolute atomic E-state index is 0.0668. The van der Waals surface area contributed by atoms with Crippen molar-refractivity contribution in [3.05, 3.63) is 40.4 Å². The van der Waals surface area contributed by atoms with Gasteiger partial charge in [0.15, 0.2) is 5.78 Å². The van der Waals surface area contributed by atoms with Crippen molar-refractivity contribution in [2.45, 2.75) is 20.8 Å². The molecule has 1 aliphatic heterocycles. The number of hydrogen-bond acceptors (Lipinski definition) is 5. The lowest BCUT2D eigenvalue weighted by Crippen LogP contribution is -2.47. The Morgan fingerprint density at radius 1 is 1.25 bits per heavy atom. The molecule has 6 heteroatoms. The Labute approximate surface area is 147 Å². The summed E-state index contributed by atoms with van der Waals surface area (Å²) in [6, 6.07) is 1.90. The normalized spacial score (nSPS) is 16.8. The summed E-state index contributed by atoms with van der Waals surface area (Å²) in [4.78, 5) is 25.6. The molecule has 2 rings (SSSR count). The van der Waals surface area contributed by atoms with Crippen molar-refractivity contribution in [1.82, 2.24) is 9.80 Å². The zero-order chi connectivity index (χ0) is 17.5. The first-order valence-corrected chi connectivity index (χ1v) is 8.88. The predicted octanol–water partition coefficient (Wildman–Crippen LogP) is 3.74. The van der Waals surface area contributed by atoms with Crippen molar-refractivity contribution >= 4 is 35.4 Å². The fourth-order valence-electron chi connectivity index (χ4n) is 2.60. The van der Waals surface area contributed by atoms with Gasteiger partial charge >= 0.3 is 0 Å². The van der Waals surface area contributed by atoms with Gasteiger partial charge in [-0.25, -0.2) is 9.98 Å². The van der Waals surface area contributed by atoms with Crippen LogP contribution in [0.3, 0.4) is 0 Å². The largest absolute Gasteiger partial charge is 0.357 e. The molecule has 0 bridgehead atoms. The summed E-state index contributed by atoms with van der Waals surface area (Å²) in [6.45, 7) is 12.7. The van der Waals surface area contributed by atoms with Gasteiger partial charge in [-0.3, -0.25) is 4.79 Å². The third kappa shape index (κ3) is 4.41. The number of thiophene rings is 1. The van der Waals surface area contributed by atoms with E-state index in [-0.39, 0.29) is 5.78 Å². The molecule has 0 spiro atoms. The Kier molecular flexibility index (Phi) is 6.49. The molecular weight excluding hydrogens is 320 g/mol. The number of ketones is 1. The van der Waals surface area contributed by atoms with E-state index in [0.717, 1.165) is 48.4 Å². The van der Waals surface area contributed by atoms with Gasteiger partial charge in [0.05, 0.1) is 10.6 Å². The van der Waals surface area contributed by atoms with Gasteiger partial charge in [0.1, 0.15) is 11.7 Å². The summed E-state index contributed by atoms with van der Waals surface area (Å²) in [6.07, 6.45) is 5.93. The van der Waals surface area contributed by atoms with Crippen LogP contribution < -0.4 is 0 Å². The lowest BCUT2D eigenvalue weighted by Gasteiger charge is -2.36. The minimum atomic E-state index is 0.0668. The molecule has 24 heavy (non-hydrogen) atoms. The first-order valence-electron chi connectivity index (χ1n) is 8.00. The van der Waals surface area contributed by atoms with Crippen molar-refractivity contribution in [3.63, 3.8) is 0 Å². The molecule has 5 nitrogen and oxygen atoms in total. The monoisotopic (exact) mass is 344 g/mol. The summed E-state index contributed by atoms with van der Waals surface area (Å²) >= 11 is 1.44. The van der Waals surface area contributed by atoms with Gasteiger partial charge in [0.2, 0.25) is 0 Å². The second-order valence-corrected chi connectivity index (χ2v) is 6.45. The van der Waals surface area contributed by atoms with E-state index in [1.807, 2.05) is 43.5 Å². The highest BCUT2D eigenvalue weighted by atomic mass is 32.1. The van der Waals surface area contributed by atoms with Crippen LogP contribution in [0.4, 0.5) is 5.69 Å². The zero-order valence-electron chi connectivity index (χ0n) is 14.5. The standard InChI is InChI=1S/C18H24N4OS/c1-5-6-7-17(19-4)22-11-9-21(10-12-22)15(3)20-16-8-13-24-18(16)14(2)23/h5-8,13H,4,9-12H2,1-3H3/b6-5-,17-7+,20-15?. The summed E-state index contributed by atoms with van der Waals surface area (Å²) in [7, 11) is 0. The smallest absolute Gasteiger partial charge is 0.171 e. The van der Waals surface area contributed by atoms with Crippen LogP contribution in [0.5, 0.6) is 0 Å². The number of hydrogen-bond donors (Lipinski definition) is 0. The van der Waals surface area contributed by atoms with Gasteiger partial charge in [-0.2, -0.15) is 0 Å². The molecular formula is C18H24N4OS. The number of rotatable bonds is 5. The van der Waals surface area contributed by atoms with Gasteiger partial charge in [0, 0.05) is 33.1 Å². The number of carbonyl (C=O) groups excluding carboxylic acids is 1. The Morgan fingerprint density at radius 3 is 2.50 bits per heavy atom. The molecule has 0 radical (unpaired) electrons. The molecule has 128 valence electrons. The van der Waals surface area contributed by atoms with Crippen LogP contribution in [0, 0.1) is 0 Å². The highest BCUT2D eigenvalue weighted by Gasteiger charge is 2.19. The zero-order valence-corrected chi connectivity index (χ0v) is 15.3. The second-order valence-electron chi connectivity index (χ2n) is 5.53. The number of aliphatic imine (C=N–C) groups is 2. The lowest BCUT2D eigenvalue weighted by atomic mass is 10.3. The van der Waals surface area contributed by atoms with Gasteiger partial charge in [-0.05, 0) is 38.1 Å². The van der Waals surface area contributed by atoms with Crippen LogP contribution in [0.1, 0.15) is 30.4 Å². The highest BCUT2D eigenvalue weighted by molar-refractivity contribution is 7.12. The molecule has 0 amide bonds. The van der Waals surface area contributed by atoms with Crippen LogP contribution in [-0.2, 0) is 0 Å². The minimum Gasteiger partial charge on any atom is -0.357 e. The van der Waals surface area contributed by atoms with Crippen LogP contribution in [0.25, 0.3) is 0 Å². The first kappa shape index (κ1) is 18.1. The first-order chi connectivity index (χ1) is 11.6. The maximum Gasteiger partial charge on any atom is 0.171 e. The molecule has 1 saturated heterocycles. The Bertz CT molecular complexity index is 679. The molecule has 0 unspecified atom stereocenters. The number of nitrogens with zero attached hydrogens (tertiary/aromatic N) is 4. The SMILES string of the molecule is C=N/C(=C\C=C/C)N1CCN(C(C)=Nc2ccsc2C(C)=O)CC1. The molecule has 0 aliphatic carbocycles. The van der Waals surface area contributed by atoms with Crippen LogP contribution >= 0.6 is 11.3 Å². The molecule has 0 aromatic carbocycles. The summed E-state index contributed by atoms with van der Waals surface area (Å²) in [5.41, 5.74) is 0.772. The lowest BCUT2D eigenvalue weighted by molar-refractivity contribution is 0.102. The maximum absolute atomic E-state index is 11.6. The van der Waals surface area contributed by atoms with Crippen molar-refractivity contribution in [2.75, 3.05) is 26.2 Å². The topological polar surface area (TPSA) is 48.3 Å². The third-order valence-electron chi connectivity index (χ3n) is 3.91. The van der Waals surface area contributed by atoms with Crippen molar-refractivity contribution in [3.8, 4) is 0 Å². The van der Waals surface area contributed by atoms with E-state index in [1.54, 1.807) is 6.92 Å². The molecule has 1 aliphatic rings. The Balaban J connectivity index is 2.03. The third-order valence-corrected chi connectivity index (χ3v) is 4.91. The van der Waals surface area contributed by atoms with E-state index in [4.69, 9.17) is 0 Å². The van der Waals surface area contributed by atoms with Crippen LogP contribution in [-0.4, -0.2) is 54.3 Å². The summed E-state index contributed by atoms with van der Waals surface area (Å²) in [5.74, 6) is 1.91. The van der Waals surface area contributed by atoms with Crippen molar-refractivity contribution in [1.29, 1.82) is 0 Å². The quantitative estimate of drug-likeness (QED) is 0.354. The molecule has 1 aromatic rings. The fraction of sp³-hybridized carbons (Fsp3) is 0.389. The second kappa shape index (κ2) is 8.59. The van der Waals surface area contributed by atoms with E-state index in [1.165, 1.54) is 11.3 Å². The predicted molar refractivity (Wildman–Crippen MR) is 103 cm³/mol. The fourth-order valence-corrected chi connectivity index (χ4v) is 3.33. The molecule has 1 fully saturated rings. The highest BCUT2D eigenvalue weighted by Crippen LogP contribution is 2.26. The molecule has 0 saturated carbocycles. The van der Waals surface area contributed by atoms with E-state index < -0.39 is 0 Å². The maximum atomic E-state index is 11.6. The molecule has 0 N–H and O–H groups in total. The van der Waals surface area contributed by atoms with Gasteiger partial charge in [-0.15, -0.1) is 11.3 Å². The van der Waals surface area contributed by atoms with Crippen molar-refractivity contribution in [2.24, 2.45) is 9.98 Å². The average Bonchev–Trinajstić information content (AvgIpc) is 3.04. The molecule has 2 heterocycles. The number of piperazine rings is 1. The van der Waals surface area contributed by atoms with Crippen molar-refractivity contribution < 1.29 is 4.79 Å². The van der Waals surface area contributed by atoms with Crippen LogP contribution in [0.15, 0.2) is 45.5 Å². The molecule has 0 atom stereocenters.